The largest absolute Gasteiger partial charge is 0.493 e. The molecule has 1 N–H and O–H groups in total. The molecule has 0 aliphatic rings. The number of nitrogens with zero attached hydrogens (tertiary/aromatic N) is 1. The molecule has 0 saturated carbocycles. The lowest BCUT2D eigenvalue weighted by Crippen LogP contribution is -2.17. The highest BCUT2D eigenvalue weighted by Crippen LogP contribution is 2.28. The maximum Gasteiger partial charge on any atom is 0.265 e. The third-order valence-corrected chi connectivity index (χ3v) is 4.56. The zero-order chi connectivity index (χ0) is 22.1. The molecule has 3 aromatic carbocycles. The van der Waals surface area contributed by atoms with Crippen molar-refractivity contribution in [3.05, 3.63) is 89.0 Å². The first-order valence-electron chi connectivity index (χ1n) is 9.92. The lowest BCUT2D eigenvalue weighted by Gasteiger charge is -2.11. The van der Waals surface area contributed by atoms with Crippen molar-refractivity contribution in [2.75, 3.05) is 19.0 Å². The van der Waals surface area contributed by atoms with Crippen molar-refractivity contribution >= 4 is 17.8 Å². The van der Waals surface area contributed by atoms with Crippen LogP contribution in [-0.4, -0.2) is 25.8 Å². The first kappa shape index (κ1) is 21.9. The van der Waals surface area contributed by atoms with E-state index in [0.29, 0.717) is 18.1 Å². The number of hydrogen-bond donors (Lipinski definition) is 1. The average Bonchev–Trinajstić information content (AvgIpc) is 2.78. The van der Waals surface area contributed by atoms with Crippen LogP contribution >= 0.6 is 0 Å². The summed E-state index contributed by atoms with van der Waals surface area (Å²) < 4.78 is 11.3. The number of aryl methyl sites for hydroxylation is 2. The van der Waals surface area contributed by atoms with E-state index < -0.39 is 0 Å². The van der Waals surface area contributed by atoms with Gasteiger partial charge in [0.05, 0.1) is 13.3 Å². The number of ether oxygens (including phenoxy) is 2. The third-order valence-electron chi connectivity index (χ3n) is 4.56. The first-order valence-corrected chi connectivity index (χ1v) is 9.92. The molecule has 1 amide bonds. The van der Waals surface area contributed by atoms with Crippen LogP contribution in [0.4, 0.5) is 5.69 Å². The molecule has 3 aromatic rings. The van der Waals surface area contributed by atoms with Gasteiger partial charge in [0.2, 0.25) is 0 Å². The Kier molecular flexibility index (Phi) is 7.65. The number of carbonyl (C=O) groups excluding carboxylic acids is 1. The zero-order valence-corrected chi connectivity index (χ0v) is 17.9. The van der Waals surface area contributed by atoms with Crippen LogP contribution in [0.1, 0.15) is 22.3 Å². The van der Waals surface area contributed by atoms with Crippen LogP contribution in [0.2, 0.25) is 0 Å². The summed E-state index contributed by atoms with van der Waals surface area (Å²) >= 11 is 0. The summed E-state index contributed by atoms with van der Waals surface area (Å²) in [5, 5.41) is 6.71. The highest BCUT2D eigenvalue weighted by atomic mass is 16.6. The molecular formula is C25H26N2O4. The Balaban J connectivity index is 1.52. The fourth-order valence-electron chi connectivity index (χ4n) is 2.87. The predicted octanol–water partition coefficient (Wildman–Crippen LogP) is 4.88. The lowest BCUT2D eigenvalue weighted by molar-refractivity contribution is -0.120. The summed E-state index contributed by atoms with van der Waals surface area (Å²) in [7, 11) is 1.58. The molecule has 0 fully saturated rings. The van der Waals surface area contributed by atoms with Crippen LogP contribution in [0.15, 0.2) is 71.9 Å². The highest BCUT2D eigenvalue weighted by Gasteiger charge is 2.07. The molecule has 0 bridgehead atoms. The summed E-state index contributed by atoms with van der Waals surface area (Å²) in [6.07, 6.45) is 1.52. The molecule has 0 aliphatic heterocycles. The number of hydrogen-bond acceptors (Lipinski definition) is 5. The monoisotopic (exact) mass is 418 g/mol. The van der Waals surface area contributed by atoms with E-state index in [2.05, 4.69) is 10.5 Å². The van der Waals surface area contributed by atoms with Gasteiger partial charge in [-0.1, -0.05) is 47.6 Å². The number of carbonyl (C=O) groups is 1. The van der Waals surface area contributed by atoms with Crippen molar-refractivity contribution in [1.29, 1.82) is 0 Å². The topological polar surface area (TPSA) is 69.2 Å². The minimum atomic E-state index is -0.270. The maximum atomic E-state index is 12.1. The quantitative estimate of drug-likeness (QED) is 0.397. The number of methoxy groups -OCH3 is 1. The van der Waals surface area contributed by atoms with Gasteiger partial charge < -0.3 is 19.6 Å². The molecule has 3 rings (SSSR count). The molecule has 6 nitrogen and oxygen atoms in total. The fraction of sp³-hybridized carbons (Fsp3) is 0.200. The molecular weight excluding hydrogens is 392 g/mol. The Morgan fingerprint density at radius 1 is 1.00 bits per heavy atom. The van der Waals surface area contributed by atoms with Crippen molar-refractivity contribution in [1.82, 2.24) is 0 Å². The van der Waals surface area contributed by atoms with E-state index in [1.807, 2.05) is 74.5 Å². The predicted molar refractivity (Wildman–Crippen MR) is 122 cm³/mol. The highest BCUT2D eigenvalue weighted by molar-refractivity contribution is 5.92. The summed E-state index contributed by atoms with van der Waals surface area (Å²) in [4.78, 5) is 17.2. The van der Waals surface area contributed by atoms with E-state index in [1.54, 1.807) is 13.2 Å². The summed E-state index contributed by atoms with van der Waals surface area (Å²) in [5.41, 5.74) is 4.67. The first-order chi connectivity index (χ1) is 15.0. The fourth-order valence-corrected chi connectivity index (χ4v) is 2.87. The lowest BCUT2D eigenvalue weighted by atomic mass is 10.1. The molecule has 0 heterocycles. The van der Waals surface area contributed by atoms with E-state index >= 15 is 0 Å². The van der Waals surface area contributed by atoms with Crippen molar-refractivity contribution in [3.8, 4) is 11.5 Å². The van der Waals surface area contributed by atoms with E-state index in [4.69, 9.17) is 14.3 Å². The van der Waals surface area contributed by atoms with Gasteiger partial charge in [-0.05, 0) is 54.8 Å². The van der Waals surface area contributed by atoms with Crippen LogP contribution < -0.4 is 14.8 Å². The SMILES string of the molecule is COc1cc(C=NOCC(=O)Nc2cc(C)ccc2C)ccc1OCc1ccccc1. The van der Waals surface area contributed by atoms with E-state index in [0.717, 1.165) is 27.9 Å². The van der Waals surface area contributed by atoms with Crippen LogP contribution in [0.3, 0.4) is 0 Å². The second-order valence-electron chi connectivity index (χ2n) is 7.06. The number of benzene rings is 3. The number of rotatable bonds is 9. The minimum absolute atomic E-state index is 0.181. The van der Waals surface area contributed by atoms with Gasteiger partial charge in [0.25, 0.3) is 5.91 Å². The Hall–Kier alpha value is -3.80. The smallest absolute Gasteiger partial charge is 0.265 e. The molecule has 0 atom stereocenters. The van der Waals surface area contributed by atoms with Gasteiger partial charge in [0.1, 0.15) is 6.61 Å². The van der Waals surface area contributed by atoms with Crippen LogP contribution in [0.5, 0.6) is 11.5 Å². The standard InChI is InChI=1S/C25H26N2O4/c1-18-9-10-19(2)22(13-18)27-25(28)17-31-26-15-21-11-12-23(24(14-21)29-3)30-16-20-7-5-4-6-8-20/h4-15H,16-17H2,1-3H3,(H,27,28). The molecule has 0 spiro atoms. The van der Waals surface area contributed by atoms with Crippen LogP contribution in [-0.2, 0) is 16.2 Å². The van der Waals surface area contributed by atoms with Gasteiger partial charge in [-0.15, -0.1) is 0 Å². The third kappa shape index (κ3) is 6.60. The summed E-state index contributed by atoms with van der Waals surface area (Å²) in [6.45, 7) is 4.18. The zero-order valence-electron chi connectivity index (χ0n) is 17.9. The molecule has 0 saturated heterocycles. The summed E-state index contributed by atoms with van der Waals surface area (Å²) in [6, 6.07) is 21.2. The Bertz CT molecular complexity index is 1050. The minimum Gasteiger partial charge on any atom is -0.493 e. The molecule has 0 radical (unpaired) electrons. The van der Waals surface area contributed by atoms with Gasteiger partial charge in [-0.2, -0.15) is 0 Å². The molecule has 0 unspecified atom stereocenters. The van der Waals surface area contributed by atoms with Crippen LogP contribution in [0, 0.1) is 13.8 Å². The molecule has 0 aliphatic carbocycles. The Labute approximate surface area is 182 Å². The van der Waals surface area contributed by atoms with Gasteiger partial charge in [0.15, 0.2) is 18.1 Å². The van der Waals surface area contributed by atoms with Crippen molar-refractivity contribution in [3.63, 3.8) is 0 Å². The van der Waals surface area contributed by atoms with Gasteiger partial charge in [-0.3, -0.25) is 4.79 Å². The number of oxime groups is 1. The molecule has 160 valence electrons. The summed E-state index contributed by atoms with van der Waals surface area (Å²) in [5.74, 6) is 0.956. The van der Waals surface area contributed by atoms with E-state index in [9.17, 15) is 4.79 Å². The van der Waals surface area contributed by atoms with Gasteiger partial charge in [-0.25, -0.2) is 0 Å². The molecule has 31 heavy (non-hydrogen) atoms. The Morgan fingerprint density at radius 3 is 2.58 bits per heavy atom. The van der Waals surface area contributed by atoms with Crippen molar-refractivity contribution < 1.29 is 19.1 Å². The van der Waals surface area contributed by atoms with Crippen molar-refractivity contribution in [2.24, 2.45) is 5.16 Å². The van der Waals surface area contributed by atoms with E-state index in [-0.39, 0.29) is 12.5 Å². The Morgan fingerprint density at radius 2 is 1.81 bits per heavy atom. The molecule has 6 heteroatoms. The number of nitrogens with one attached hydrogen (secondary N) is 1. The van der Waals surface area contributed by atoms with Gasteiger partial charge >= 0.3 is 0 Å². The second kappa shape index (κ2) is 10.8. The van der Waals surface area contributed by atoms with Crippen molar-refractivity contribution in [2.45, 2.75) is 20.5 Å². The second-order valence-corrected chi connectivity index (χ2v) is 7.06. The average molecular weight is 418 g/mol. The number of anilines is 1. The maximum absolute atomic E-state index is 12.1. The number of amides is 1. The van der Waals surface area contributed by atoms with E-state index in [1.165, 1.54) is 6.21 Å². The van der Waals surface area contributed by atoms with Gasteiger partial charge in [0, 0.05) is 11.3 Å². The molecule has 0 aromatic heterocycles. The normalized spacial score (nSPS) is 10.7. The van der Waals surface area contributed by atoms with Crippen LogP contribution in [0.25, 0.3) is 0 Å².